The topological polar surface area (TPSA) is 54.9 Å². The molecule has 82 valence electrons. The van der Waals surface area contributed by atoms with Crippen LogP contribution >= 0.6 is 11.6 Å². The molecule has 0 saturated heterocycles. The molecular weight excluding hydrogens is 228 g/mol. The van der Waals surface area contributed by atoms with Gasteiger partial charge in [-0.1, -0.05) is 41.9 Å². The summed E-state index contributed by atoms with van der Waals surface area (Å²) in [6.45, 7) is 0.343. The largest absolute Gasteiger partial charge is 0.329 e. The Bertz CT molecular complexity index is 601. The van der Waals surface area contributed by atoms with E-state index in [4.69, 9.17) is 11.6 Å². The number of aromatic amines is 1. The summed E-state index contributed by atoms with van der Waals surface area (Å²) < 4.78 is 1.30. The molecular formula is C11H9ClN2O2. The zero-order valence-electron chi connectivity index (χ0n) is 8.31. The number of aromatic nitrogens is 2. The molecule has 1 aromatic carbocycles. The molecule has 1 aromatic heterocycles. The molecule has 0 aliphatic heterocycles. The lowest BCUT2D eigenvalue weighted by Crippen LogP contribution is -2.30. The molecule has 0 aliphatic carbocycles. The monoisotopic (exact) mass is 236 g/mol. The number of hydrogen-bond donors (Lipinski definition) is 1. The van der Waals surface area contributed by atoms with Gasteiger partial charge in [-0.05, 0) is 5.56 Å². The highest BCUT2D eigenvalue weighted by molar-refractivity contribution is 6.29. The number of halogens is 1. The SMILES string of the molecule is O=c1cc(Cl)n(Cc2ccccc2)c(=O)[nH]1. The molecule has 0 aliphatic rings. The second-order valence-corrected chi connectivity index (χ2v) is 3.72. The number of benzene rings is 1. The lowest BCUT2D eigenvalue weighted by atomic mass is 10.2. The third kappa shape index (κ3) is 2.23. The van der Waals surface area contributed by atoms with E-state index in [1.54, 1.807) is 0 Å². The maximum atomic E-state index is 11.5. The second kappa shape index (κ2) is 4.37. The molecule has 16 heavy (non-hydrogen) atoms. The quantitative estimate of drug-likeness (QED) is 0.798. The van der Waals surface area contributed by atoms with Gasteiger partial charge in [0.25, 0.3) is 5.56 Å². The van der Waals surface area contributed by atoms with Gasteiger partial charge in [0, 0.05) is 6.07 Å². The van der Waals surface area contributed by atoms with E-state index in [9.17, 15) is 9.59 Å². The Morgan fingerprint density at radius 3 is 2.50 bits per heavy atom. The number of nitrogens with one attached hydrogen (secondary N) is 1. The molecule has 0 fully saturated rings. The van der Waals surface area contributed by atoms with E-state index < -0.39 is 11.2 Å². The summed E-state index contributed by atoms with van der Waals surface area (Å²) in [7, 11) is 0. The number of hydrogen-bond acceptors (Lipinski definition) is 2. The predicted octanol–water partition coefficient (Wildman–Crippen LogP) is 1.24. The van der Waals surface area contributed by atoms with Gasteiger partial charge in [-0.2, -0.15) is 0 Å². The minimum Gasteiger partial charge on any atom is -0.279 e. The van der Waals surface area contributed by atoms with Crippen LogP contribution in [0.1, 0.15) is 5.56 Å². The first-order valence-electron chi connectivity index (χ1n) is 4.70. The van der Waals surface area contributed by atoms with Gasteiger partial charge in [0.15, 0.2) is 0 Å². The zero-order chi connectivity index (χ0) is 11.5. The van der Waals surface area contributed by atoms with Crippen molar-refractivity contribution < 1.29 is 0 Å². The lowest BCUT2D eigenvalue weighted by Gasteiger charge is -2.06. The minimum atomic E-state index is -0.499. The summed E-state index contributed by atoms with van der Waals surface area (Å²) in [5, 5.41) is 0.137. The van der Waals surface area contributed by atoms with Gasteiger partial charge in [-0.15, -0.1) is 0 Å². The van der Waals surface area contributed by atoms with Gasteiger partial charge in [-0.3, -0.25) is 14.3 Å². The average molecular weight is 237 g/mol. The van der Waals surface area contributed by atoms with Gasteiger partial charge >= 0.3 is 5.69 Å². The summed E-state index contributed by atoms with van der Waals surface area (Å²) in [4.78, 5) is 24.6. The molecule has 2 aromatic rings. The van der Waals surface area contributed by atoms with E-state index in [2.05, 4.69) is 4.98 Å². The van der Waals surface area contributed by atoms with Crippen LogP contribution in [-0.2, 0) is 6.54 Å². The van der Waals surface area contributed by atoms with Crippen molar-refractivity contribution in [1.29, 1.82) is 0 Å². The summed E-state index contributed by atoms with van der Waals surface area (Å²) >= 11 is 5.83. The summed E-state index contributed by atoms with van der Waals surface area (Å²) in [5.74, 6) is 0. The first-order valence-corrected chi connectivity index (χ1v) is 5.08. The first-order chi connectivity index (χ1) is 7.66. The van der Waals surface area contributed by atoms with Crippen molar-refractivity contribution in [2.75, 3.05) is 0 Å². The van der Waals surface area contributed by atoms with Crippen LogP contribution in [0, 0.1) is 0 Å². The van der Waals surface area contributed by atoms with Crippen molar-refractivity contribution >= 4 is 11.6 Å². The fraction of sp³-hybridized carbons (Fsp3) is 0.0909. The highest BCUT2D eigenvalue weighted by Gasteiger charge is 2.03. The van der Waals surface area contributed by atoms with Crippen LogP contribution in [0.15, 0.2) is 46.0 Å². The molecule has 5 heteroatoms. The Labute approximate surface area is 96.1 Å². The van der Waals surface area contributed by atoms with Crippen LogP contribution in [0.3, 0.4) is 0 Å². The molecule has 0 amide bonds. The molecule has 0 unspecified atom stereocenters. The maximum Gasteiger partial charge on any atom is 0.329 e. The van der Waals surface area contributed by atoms with Crippen LogP contribution in [0.5, 0.6) is 0 Å². The third-order valence-corrected chi connectivity index (χ3v) is 2.48. The number of nitrogens with zero attached hydrogens (tertiary/aromatic N) is 1. The highest BCUT2D eigenvalue weighted by atomic mass is 35.5. The van der Waals surface area contributed by atoms with Gasteiger partial charge in [0.05, 0.1) is 6.54 Å². The van der Waals surface area contributed by atoms with Crippen molar-refractivity contribution in [2.24, 2.45) is 0 Å². The molecule has 0 saturated carbocycles. The van der Waals surface area contributed by atoms with Crippen LogP contribution in [-0.4, -0.2) is 9.55 Å². The van der Waals surface area contributed by atoms with E-state index >= 15 is 0 Å². The van der Waals surface area contributed by atoms with E-state index in [0.29, 0.717) is 6.54 Å². The van der Waals surface area contributed by atoms with E-state index in [-0.39, 0.29) is 5.15 Å². The normalized spacial score (nSPS) is 10.3. The summed E-state index contributed by atoms with van der Waals surface area (Å²) in [6.07, 6.45) is 0. The van der Waals surface area contributed by atoms with Crippen LogP contribution in [0.4, 0.5) is 0 Å². The molecule has 1 N–H and O–H groups in total. The van der Waals surface area contributed by atoms with Gasteiger partial charge in [0.1, 0.15) is 5.15 Å². The van der Waals surface area contributed by atoms with Crippen LogP contribution < -0.4 is 11.2 Å². The minimum absolute atomic E-state index is 0.137. The summed E-state index contributed by atoms with van der Waals surface area (Å²) in [5.41, 5.74) is -0.0424. The van der Waals surface area contributed by atoms with E-state index in [1.807, 2.05) is 30.3 Å². The fourth-order valence-corrected chi connectivity index (χ4v) is 1.64. The smallest absolute Gasteiger partial charge is 0.279 e. The molecule has 0 bridgehead atoms. The van der Waals surface area contributed by atoms with E-state index in [1.165, 1.54) is 10.6 Å². The van der Waals surface area contributed by atoms with Crippen molar-refractivity contribution in [3.05, 3.63) is 68.0 Å². The molecule has 4 nitrogen and oxygen atoms in total. The van der Waals surface area contributed by atoms with Crippen LogP contribution in [0.25, 0.3) is 0 Å². The van der Waals surface area contributed by atoms with Gasteiger partial charge < -0.3 is 0 Å². The molecule has 0 radical (unpaired) electrons. The van der Waals surface area contributed by atoms with Crippen molar-refractivity contribution in [3.8, 4) is 0 Å². The Morgan fingerprint density at radius 1 is 1.19 bits per heavy atom. The number of H-pyrrole nitrogens is 1. The Balaban J connectivity index is 2.43. The molecule has 0 atom stereocenters. The van der Waals surface area contributed by atoms with Crippen molar-refractivity contribution in [3.63, 3.8) is 0 Å². The van der Waals surface area contributed by atoms with Crippen molar-refractivity contribution in [1.82, 2.24) is 9.55 Å². The Morgan fingerprint density at radius 2 is 1.88 bits per heavy atom. The second-order valence-electron chi connectivity index (χ2n) is 3.33. The lowest BCUT2D eigenvalue weighted by molar-refractivity contribution is 0.721. The van der Waals surface area contributed by atoms with Gasteiger partial charge in [-0.25, -0.2) is 4.79 Å². The maximum absolute atomic E-state index is 11.5. The Kier molecular flexibility index (Phi) is 2.92. The standard InChI is InChI=1S/C11H9ClN2O2/c12-9-6-10(15)13-11(16)14(9)7-8-4-2-1-3-5-8/h1-6H,7H2,(H,13,15,16). The van der Waals surface area contributed by atoms with E-state index in [0.717, 1.165) is 5.56 Å². The molecule has 2 rings (SSSR count). The highest BCUT2D eigenvalue weighted by Crippen LogP contribution is 2.06. The fourth-order valence-electron chi connectivity index (χ4n) is 1.41. The first kappa shape index (κ1) is 10.7. The predicted molar refractivity (Wildman–Crippen MR) is 61.9 cm³/mol. The number of rotatable bonds is 2. The Hall–Kier alpha value is -1.81. The molecule has 0 spiro atoms. The van der Waals surface area contributed by atoms with Gasteiger partial charge in [0.2, 0.25) is 0 Å². The molecule has 1 heterocycles. The summed E-state index contributed by atoms with van der Waals surface area (Å²) in [6, 6.07) is 10.6. The third-order valence-electron chi connectivity index (χ3n) is 2.17. The van der Waals surface area contributed by atoms with Crippen molar-refractivity contribution in [2.45, 2.75) is 6.54 Å². The van der Waals surface area contributed by atoms with Crippen LogP contribution in [0.2, 0.25) is 5.15 Å². The average Bonchev–Trinajstić information content (AvgIpc) is 2.25. The zero-order valence-corrected chi connectivity index (χ0v) is 9.07.